The fourth-order valence-corrected chi connectivity index (χ4v) is 3.07. The lowest BCUT2D eigenvalue weighted by atomic mass is 10.2. The van der Waals surface area contributed by atoms with Gasteiger partial charge in [0.05, 0.1) is 20.4 Å². The van der Waals surface area contributed by atoms with Crippen molar-refractivity contribution in [1.29, 1.82) is 0 Å². The molecule has 2 aromatic rings. The lowest BCUT2D eigenvalue weighted by Crippen LogP contribution is -2.05. The van der Waals surface area contributed by atoms with Gasteiger partial charge in [0.1, 0.15) is 0 Å². The molecule has 1 atom stereocenters. The summed E-state index contributed by atoms with van der Waals surface area (Å²) < 4.78 is 1.44. The molecule has 0 bridgehead atoms. The van der Waals surface area contributed by atoms with E-state index in [2.05, 4.69) is 10.3 Å². The van der Waals surface area contributed by atoms with E-state index in [-0.39, 0.29) is 6.04 Å². The number of thiophene rings is 1. The summed E-state index contributed by atoms with van der Waals surface area (Å²) in [5.41, 5.74) is 1.98. The maximum Gasteiger partial charge on any atom is 0.0996 e. The van der Waals surface area contributed by atoms with Crippen LogP contribution in [0.15, 0.2) is 30.6 Å². The fourth-order valence-electron chi connectivity index (χ4n) is 1.42. The van der Waals surface area contributed by atoms with Gasteiger partial charge in [0.25, 0.3) is 0 Å². The average Bonchev–Trinajstić information content (AvgIpc) is 2.59. The van der Waals surface area contributed by atoms with E-state index in [1.54, 1.807) is 12.4 Å². The highest BCUT2D eigenvalue weighted by atomic mass is 35.5. The minimum atomic E-state index is 0.112. The van der Waals surface area contributed by atoms with Crippen LogP contribution in [-0.2, 0) is 0 Å². The number of hydrogen-bond donors (Lipinski definition) is 1. The molecule has 0 radical (unpaired) electrons. The van der Waals surface area contributed by atoms with Crippen LogP contribution in [0.25, 0.3) is 0 Å². The molecule has 0 aliphatic carbocycles. The normalized spacial score (nSPS) is 12.4. The summed E-state index contributed by atoms with van der Waals surface area (Å²) in [7, 11) is 0. The van der Waals surface area contributed by atoms with Crippen LogP contribution >= 0.6 is 34.5 Å². The SMILES string of the molecule is CC(Nc1cccnc1)c1cc(Cl)sc1Cl. The zero-order valence-electron chi connectivity index (χ0n) is 8.58. The van der Waals surface area contributed by atoms with Gasteiger partial charge in [0, 0.05) is 18.0 Å². The van der Waals surface area contributed by atoms with E-state index < -0.39 is 0 Å². The summed E-state index contributed by atoms with van der Waals surface area (Å²) in [5.74, 6) is 0. The maximum atomic E-state index is 6.08. The Kier molecular flexibility index (Phi) is 3.69. The van der Waals surface area contributed by atoms with Crippen molar-refractivity contribution in [3.05, 3.63) is 44.8 Å². The van der Waals surface area contributed by atoms with Gasteiger partial charge in [-0.1, -0.05) is 23.2 Å². The van der Waals surface area contributed by atoms with Crippen molar-refractivity contribution in [1.82, 2.24) is 4.98 Å². The number of aromatic nitrogens is 1. The van der Waals surface area contributed by atoms with E-state index >= 15 is 0 Å². The molecule has 0 aliphatic heterocycles. The van der Waals surface area contributed by atoms with Crippen LogP contribution in [-0.4, -0.2) is 4.98 Å². The first-order valence-electron chi connectivity index (χ1n) is 4.78. The highest BCUT2D eigenvalue weighted by molar-refractivity contribution is 7.20. The lowest BCUT2D eigenvalue weighted by molar-refractivity contribution is 0.889. The molecule has 84 valence electrons. The molecule has 0 spiro atoms. The highest BCUT2D eigenvalue weighted by Crippen LogP contribution is 2.35. The average molecular weight is 273 g/mol. The molecule has 0 aromatic carbocycles. The lowest BCUT2D eigenvalue weighted by Gasteiger charge is -2.14. The number of halogens is 2. The summed E-state index contributed by atoms with van der Waals surface area (Å²) in [4.78, 5) is 4.04. The van der Waals surface area contributed by atoms with Crippen molar-refractivity contribution in [2.45, 2.75) is 13.0 Å². The molecular weight excluding hydrogens is 263 g/mol. The highest BCUT2D eigenvalue weighted by Gasteiger charge is 2.12. The molecule has 2 heterocycles. The summed E-state index contributed by atoms with van der Waals surface area (Å²) in [6, 6.07) is 5.85. The van der Waals surface area contributed by atoms with Gasteiger partial charge in [-0.05, 0) is 25.1 Å². The van der Waals surface area contributed by atoms with E-state index in [0.717, 1.165) is 15.6 Å². The Morgan fingerprint density at radius 1 is 1.44 bits per heavy atom. The number of hydrogen-bond acceptors (Lipinski definition) is 3. The van der Waals surface area contributed by atoms with Crippen molar-refractivity contribution < 1.29 is 0 Å². The van der Waals surface area contributed by atoms with Crippen molar-refractivity contribution in [3.63, 3.8) is 0 Å². The number of rotatable bonds is 3. The Bertz CT molecular complexity index is 470. The van der Waals surface area contributed by atoms with E-state index in [0.29, 0.717) is 4.34 Å². The Morgan fingerprint density at radius 2 is 2.25 bits per heavy atom. The largest absolute Gasteiger partial charge is 0.377 e. The van der Waals surface area contributed by atoms with Gasteiger partial charge in [-0.15, -0.1) is 11.3 Å². The number of nitrogens with zero attached hydrogens (tertiary/aromatic N) is 1. The van der Waals surface area contributed by atoms with Gasteiger partial charge < -0.3 is 5.32 Å². The van der Waals surface area contributed by atoms with Crippen molar-refractivity contribution in [2.24, 2.45) is 0 Å². The van der Waals surface area contributed by atoms with Gasteiger partial charge in [-0.2, -0.15) is 0 Å². The molecule has 2 aromatic heterocycles. The van der Waals surface area contributed by atoms with Gasteiger partial charge in [0.15, 0.2) is 0 Å². The Hall–Kier alpha value is -0.770. The number of anilines is 1. The number of nitrogens with one attached hydrogen (secondary N) is 1. The summed E-state index contributed by atoms with van der Waals surface area (Å²) >= 11 is 13.4. The molecule has 0 amide bonds. The maximum absolute atomic E-state index is 6.08. The predicted molar refractivity (Wildman–Crippen MR) is 70.6 cm³/mol. The van der Waals surface area contributed by atoms with Gasteiger partial charge in [-0.25, -0.2) is 0 Å². The van der Waals surface area contributed by atoms with E-state index in [9.17, 15) is 0 Å². The van der Waals surface area contributed by atoms with Crippen LogP contribution in [0.1, 0.15) is 18.5 Å². The van der Waals surface area contributed by atoms with Crippen molar-refractivity contribution in [3.8, 4) is 0 Å². The third-order valence-corrected chi connectivity index (χ3v) is 3.71. The topological polar surface area (TPSA) is 24.9 Å². The zero-order chi connectivity index (χ0) is 11.5. The molecule has 2 nitrogen and oxygen atoms in total. The molecule has 2 rings (SSSR count). The second-order valence-electron chi connectivity index (χ2n) is 3.39. The van der Waals surface area contributed by atoms with Gasteiger partial charge >= 0.3 is 0 Å². The van der Waals surface area contributed by atoms with Crippen LogP contribution in [0.3, 0.4) is 0 Å². The molecule has 1 N–H and O–H groups in total. The Balaban J connectivity index is 2.14. The molecular formula is C11H10Cl2N2S. The third kappa shape index (κ3) is 2.67. The quantitative estimate of drug-likeness (QED) is 0.882. The predicted octanol–water partition coefficient (Wildman–Crippen LogP) is 4.62. The van der Waals surface area contributed by atoms with E-state index in [4.69, 9.17) is 23.2 Å². The molecule has 0 aliphatic rings. The zero-order valence-corrected chi connectivity index (χ0v) is 10.9. The molecule has 0 fully saturated rings. The smallest absolute Gasteiger partial charge is 0.0996 e. The van der Waals surface area contributed by atoms with Gasteiger partial charge in [-0.3, -0.25) is 4.98 Å². The van der Waals surface area contributed by atoms with Crippen LogP contribution < -0.4 is 5.32 Å². The van der Waals surface area contributed by atoms with E-state index in [1.807, 2.05) is 25.1 Å². The van der Waals surface area contributed by atoms with Gasteiger partial charge in [0.2, 0.25) is 0 Å². The van der Waals surface area contributed by atoms with Crippen LogP contribution in [0.4, 0.5) is 5.69 Å². The Labute approximate surface area is 108 Å². The Morgan fingerprint density at radius 3 is 2.81 bits per heavy atom. The first kappa shape index (κ1) is 11.7. The van der Waals surface area contributed by atoms with Crippen molar-refractivity contribution >= 4 is 40.2 Å². The molecule has 5 heteroatoms. The number of pyridine rings is 1. The second kappa shape index (κ2) is 5.04. The molecule has 0 saturated heterocycles. The monoisotopic (exact) mass is 272 g/mol. The van der Waals surface area contributed by atoms with E-state index in [1.165, 1.54) is 11.3 Å². The standard InChI is InChI=1S/C11H10Cl2N2S/c1-7(9-5-10(12)16-11(9)13)15-8-3-2-4-14-6-8/h2-7,15H,1H3. The molecule has 0 saturated carbocycles. The second-order valence-corrected chi connectivity index (χ2v) is 5.67. The first-order valence-corrected chi connectivity index (χ1v) is 6.35. The van der Waals surface area contributed by atoms with Crippen LogP contribution in [0.2, 0.25) is 8.67 Å². The fraction of sp³-hybridized carbons (Fsp3) is 0.182. The van der Waals surface area contributed by atoms with Crippen LogP contribution in [0, 0.1) is 0 Å². The molecule has 1 unspecified atom stereocenters. The minimum Gasteiger partial charge on any atom is -0.377 e. The summed E-state index contributed by atoms with van der Waals surface area (Å²) in [6.45, 7) is 2.04. The van der Waals surface area contributed by atoms with Crippen molar-refractivity contribution in [2.75, 3.05) is 5.32 Å². The molecule has 16 heavy (non-hydrogen) atoms. The summed E-state index contributed by atoms with van der Waals surface area (Å²) in [5, 5.41) is 3.31. The van der Waals surface area contributed by atoms with Crippen LogP contribution in [0.5, 0.6) is 0 Å². The summed E-state index contributed by atoms with van der Waals surface area (Å²) in [6.07, 6.45) is 3.52. The minimum absolute atomic E-state index is 0.112. The first-order chi connectivity index (χ1) is 7.66. The third-order valence-electron chi connectivity index (χ3n) is 2.19.